The Morgan fingerprint density at radius 3 is 2.50 bits per heavy atom. The Morgan fingerprint density at radius 2 is 2.00 bits per heavy atom. The summed E-state index contributed by atoms with van der Waals surface area (Å²) in [5, 5.41) is 7.59. The molecule has 1 unspecified atom stereocenters. The Balaban J connectivity index is 2.29. The molecule has 4 nitrogen and oxygen atoms in total. The number of nitrogens with two attached hydrogens (primary N) is 1. The van der Waals surface area contributed by atoms with Gasteiger partial charge in [-0.3, -0.25) is 10.3 Å². The van der Waals surface area contributed by atoms with Crippen molar-refractivity contribution in [3.05, 3.63) is 0 Å². The van der Waals surface area contributed by atoms with Gasteiger partial charge in [-0.15, -0.1) is 0 Å². The molecule has 1 fully saturated rings. The average molecular weight is 283 g/mol. The summed E-state index contributed by atoms with van der Waals surface area (Å²) in [6.45, 7) is 9.46. The van der Waals surface area contributed by atoms with Gasteiger partial charge in [0.1, 0.15) is 0 Å². The molecule has 20 heavy (non-hydrogen) atoms. The zero-order chi connectivity index (χ0) is 15.2. The predicted molar refractivity (Wildman–Crippen MR) is 85.2 cm³/mol. The van der Waals surface area contributed by atoms with Crippen molar-refractivity contribution in [2.75, 3.05) is 26.8 Å². The number of unbranched alkanes of at least 4 members (excludes halogenated alkanes) is 1. The molecule has 0 aliphatic heterocycles. The van der Waals surface area contributed by atoms with Crippen molar-refractivity contribution in [2.24, 2.45) is 17.1 Å². The number of amidine groups is 1. The molecular formula is C16H33N3O. The molecule has 0 aromatic carbocycles. The fourth-order valence-electron chi connectivity index (χ4n) is 2.62. The molecule has 4 heteroatoms. The van der Waals surface area contributed by atoms with Crippen LogP contribution in [-0.2, 0) is 4.74 Å². The molecule has 0 saturated heterocycles. The lowest BCUT2D eigenvalue weighted by Gasteiger charge is -2.29. The number of nitrogens with one attached hydrogen (secondary N) is 1. The number of rotatable bonds is 11. The number of methoxy groups -OCH3 is 1. The number of hydrogen-bond donors (Lipinski definition) is 2. The first kappa shape index (κ1) is 17.4. The Morgan fingerprint density at radius 1 is 1.35 bits per heavy atom. The lowest BCUT2D eigenvalue weighted by atomic mass is 9.86. The standard InChI is InChI=1S/C16H33N3O/c1-13(14-7-8-14)19(11-12-20-4)10-6-5-9-16(2,3)15(17)18/h13-14H,5-12H2,1-4H3,(H3,17,18). The molecule has 1 aliphatic rings. The molecule has 118 valence electrons. The average Bonchev–Trinajstić information content (AvgIpc) is 3.21. The molecule has 0 spiro atoms. The molecule has 0 radical (unpaired) electrons. The van der Waals surface area contributed by atoms with Crippen molar-refractivity contribution in [3.8, 4) is 0 Å². The van der Waals surface area contributed by atoms with E-state index >= 15 is 0 Å². The summed E-state index contributed by atoms with van der Waals surface area (Å²) in [4.78, 5) is 2.57. The summed E-state index contributed by atoms with van der Waals surface area (Å²) in [5.74, 6) is 1.21. The molecule has 1 saturated carbocycles. The molecule has 1 aliphatic carbocycles. The maximum Gasteiger partial charge on any atom is 0.0963 e. The van der Waals surface area contributed by atoms with Crippen molar-refractivity contribution >= 4 is 5.84 Å². The van der Waals surface area contributed by atoms with Gasteiger partial charge in [0.2, 0.25) is 0 Å². The Kier molecular flexibility index (Phi) is 6.96. The van der Waals surface area contributed by atoms with E-state index in [9.17, 15) is 0 Å². The minimum absolute atomic E-state index is 0.153. The van der Waals surface area contributed by atoms with E-state index in [4.69, 9.17) is 15.9 Å². The van der Waals surface area contributed by atoms with E-state index in [2.05, 4.69) is 25.7 Å². The smallest absolute Gasteiger partial charge is 0.0963 e. The number of ether oxygens (including phenoxy) is 1. The van der Waals surface area contributed by atoms with Gasteiger partial charge in [-0.25, -0.2) is 0 Å². The van der Waals surface area contributed by atoms with E-state index in [-0.39, 0.29) is 5.41 Å². The molecule has 0 aromatic heterocycles. The van der Waals surface area contributed by atoms with Gasteiger partial charge in [-0.05, 0) is 45.1 Å². The quantitative estimate of drug-likeness (QED) is 0.348. The van der Waals surface area contributed by atoms with Crippen molar-refractivity contribution in [1.29, 1.82) is 5.41 Å². The fraction of sp³-hybridized carbons (Fsp3) is 0.938. The molecule has 0 bridgehead atoms. The van der Waals surface area contributed by atoms with E-state index in [1.807, 2.05) is 0 Å². The van der Waals surface area contributed by atoms with E-state index in [0.29, 0.717) is 11.9 Å². The third-order valence-electron chi connectivity index (χ3n) is 4.69. The summed E-state index contributed by atoms with van der Waals surface area (Å²) in [6.07, 6.45) is 6.09. The van der Waals surface area contributed by atoms with Gasteiger partial charge >= 0.3 is 0 Å². The van der Waals surface area contributed by atoms with E-state index in [0.717, 1.165) is 38.5 Å². The summed E-state index contributed by atoms with van der Waals surface area (Å²) in [7, 11) is 1.77. The van der Waals surface area contributed by atoms with Crippen molar-refractivity contribution in [2.45, 2.75) is 58.9 Å². The van der Waals surface area contributed by atoms with E-state index in [1.165, 1.54) is 19.3 Å². The largest absolute Gasteiger partial charge is 0.387 e. The topological polar surface area (TPSA) is 62.3 Å². The maximum absolute atomic E-state index is 7.59. The van der Waals surface area contributed by atoms with Crippen LogP contribution in [-0.4, -0.2) is 43.6 Å². The third-order valence-corrected chi connectivity index (χ3v) is 4.69. The Labute approximate surface area is 124 Å². The van der Waals surface area contributed by atoms with Gasteiger partial charge in [0.15, 0.2) is 0 Å². The predicted octanol–water partition coefficient (Wildman–Crippen LogP) is 2.87. The van der Waals surface area contributed by atoms with Gasteiger partial charge in [0, 0.05) is 25.1 Å². The van der Waals surface area contributed by atoms with Crippen molar-refractivity contribution in [1.82, 2.24) is 4.90 Å². The summed E-state index contributed by atoms with van der Waals surface area (Å²) < 4.78 is 5.23. The number of hydrogen-bond acceptors (Lipinski definition) is 3. The minimum atomic E-state index is -0.153. The first-order valence-corrected chi connectivity index (χ1v) is 7.96. The van der Waals surface area contributed by atoms with Crippen LogP contribution in [0, 0.1) is 16.7 Å². The molecular weight excluding hydrogens is 250 g/mol. The van der Waals surface area contributed by atoms with Crippen LogP contribution in [0.4, 0.5) is 0 Å². The molecule has 3 N–H and O–H groups in total. The SMILES string of the molecule is COCCN(CCCCC(C)(C)C(=N)N)C(C)C1CC1. The molecule has 0 amide bonds. The van der Waals surface area contributed by atoms with Gasteiger partial charge in [0.05, 0.1) is 12.4 Å². The lowest BCUT2D eigenvalue weighted by molar-refractivity contribution is 0.115. The van der Waals surface area contributed by atoms with Gasteiger partial charge in [-0.1, -0.05) is 20.3 Å². The molecule has 1 rings (SSSR count). The molecule has 0 aromatic rings. The van der Waals surface area contributed by atoms with E-state index in [1.54, 1.807) is 7.11 Å². The minimum Gasteiger partial charge on any atom is -0.387 e. The maximum atomic E-state index is 7.59. The van der Waals surface area contributed by atoms with Gasteiger partial charge < -0.3 is 10.5 Å². The molecule has 1 atom stereocenters. The van der Waals surface area contributed by atoms with Crippen LogP contribution in [0.5, 0.6) is 0 Å². The highest BCUT2D eigenvalue weighted by Crippen LogP contribution is 2.35. The fourth-order valence-corrected chi connectivity index (χ4v) is 2.62. The van der Waals surface area contributed by atoms with Crippen LogP contribution in [0.1, 0.15) is 52.9 Å². The van der Waals surface area contributed by atoms with Crippen LogP contribution in [0.25, 0.3) is 0 Å². The monoisotopic (exact) mass is 283 g/mol. The van der Waals surface area contributed by atoms with Crippen molar-refractivity contribution in [3.63, 3.8) is 0 Å². The van der Waals surface area contributed by atoms with Crippen LogP contribution < -0.4 is 5.73 Å². The van der Waals surface area contributed by atoms with Crippen LogP contribution in [0.15, 0.2) is 0 Å². The van der Waals surface area contributed by atoms with Crippen LogP contribution in [0.2, 0.25) is 0 Å². The van der Waals surface area contributed by atoms with Crippen LogP contribution >= 0.6 is 0 Å². The van der Waals surface area contributed by atoms with Crippen molar-refractivity contribution < 1.29 is 4.74 Å². The lowest BCUT2D eigenvalue weighted by Crippen LogP contribution is -2.38. The highest BCUT2D eigenvalue weighted by atomic mass is 16.5. The summed E-state index contributed by atoms with van der Waals surface area (Å²) in [6, 6.07) is 0.686. The Bertz CT molecular complexity index is 300. The Hall–Kier alpha value is -0.610. The molecule has 0 heterocycles. The summed E-state index contributed by atoms with van der Waals surface area (Å²) >= 11 is 0. The summed E-state index contributed by atoms with van der Waals surface area (Å²) in [5.41, 5.74) is 5.48. The first-order valence-electron chi connectivity index (χ1n) is 7.96. The number of nitrogens with zero attached hydrogens (tertiary/aromatic N) is 1. The van der Waals surface area contributed by atoms with Crippen LogP contribution in [0.3, 0.4) is 0 Å². The van der Waals surface area contributed by atoms with Gasteiger partial charge in [-0.2, -0.15) is 0 Å². The highest BCUT2D eigenvalue weighted by Gasteiger charge is 2.31. The third kappa shape index (κ3) is 5.80. The van der Waals surface area contributed by atoms with Gasteiger partial charge in [0.25, 0.3) is 0 Å². The van der Waals surface area contributed by atoms with E-state index < -0.39 is 0 Å². The second-order valence-electron chi connectivity index (χ2n) is 6.86. The second-order valence-corrected chi connectivity index (χ2v) is 6.86. The first-order chi connectivity index (χ1) is 9.38. The zero-order valence-corrected chi connectivity index (χ0v) is 13.7. The highest BCUT2D eigenvalue weighted by molar-refractivity contribution is 5.82. The second kappa shape index (κ2) is 7.99. The zero-order valence-electron chi connectivity index (χ0n) is 13.7. The normalized spacial score (nSPS) is 17.4.